The summed E-state index contributed by atoms with van der Waals surface area (Å²) in [6.45, 7) is 4.02. The molecule has 0 N–H and O–H groups in total. The van der Waals surface area contributed by atoms with Crippen molar-refractivity contribution in [2.24, 2.45) is 0 Å². The lowest BCUT2D eigenvalue weighted by Gasteiger charge is -2.15. The molecule has 0 saturated heterocycles. The minimum atomic E-state index is 0.00558. The monoisotopic (exact) mass is 283 g/mol. The van der Waals surface area contributed by atoms with Crippen LogP contribution in [0.4, 0.5) is 0 Å². The minimum Gasteiger partial charge on any atom is -0.281 e. The van der Waals surface area contributed by atoms with Gasteiger partial charge < -0.3 is 0 Å². The summed E-state index contributed by atoms with van der Waals surface area (Å²) in [6.07, 6.45) is 0. The van der Waals surface area contributed by atoms with E-state index in [1.807, 2.05) is 50.2 Å². The predicted octanol–water partition coefficient (Wildman–Crippen LogP) is 4.26. The summed E-state index contributed by atoms with van der Waals surface area (Å²) < 4.78 is 1.74. The van der Waals surface area contributed by atoms with E-state index in [-0.39, 0.29) is 5.56 Å². The number of rotatable bonds is 1. The third-order valence-corrected chi connectivity index (χ3v) is 3.98. The molecule has 0 amide bonds. The lowest BCUT2D eigenvalue weighted by Crippen LogP contribution is -2.22. The molecule has 0 spiro atoms. The van der Waals surface area contributed by atoms with Crippen molar-refractivity contribution >= 4 is 22.4 Å². The molecule has 20 heavy (non-hydrogen) atoms. The second-order valence-electron chi connectivity index (χ2n) is 4.87. The van der Waals surface area contributed by atoms with Crippen molar-refractivity contribution in [3.05, 3.63) is 75.2 Å². The topological polar surface area (TPSA) is 22.0 Å². The van der Waals surface area contributed by atoms with E-state index in [4.69, 9.17) is 11.6 Å². The van der Waals surface area contributed by atoms with Crippen molar-refractivity contribution in [1.82, 2.24) is 4.57 Å². The van der Waals surface area contributed by atoms with Crippen molar-refractivity contribution in [2.45, 2.75) is 13.8 Å². The van der Waals surface area contributed by atoms with Crippen LogP contribution in [-0.2, 0) is 0 Å². The summed E-state index contributed by atoms with van der Waals surface area (Å²) in [5, 5.41) is 2.42. The average molecular weight is 284 g/mol. The van der Waals surface area contributed by atoms with Gasteiger partial charge in [-0.3, -0.25) is 9.36 Å². The number of nitrogens with zero attached hydrogens (tertiary/aromatic N) is 1. The molecule has 1 heterocycles. The van der Waals surface area contributed by atoms with Gasteiger partial charge in [0.05, 0.1) is 0 Å². The van der Waals surface area contributed by atoms with E-state index in [0.717, 1.165) is 27.7 Å². The first-order valence-corrected chi connectivity index (χ1v) is 6.84. The number of fused-ring (bicyclic) bond motifs is 1. The smallest absolute Gasteiger partial charge is 0.263 e. The molecule has 0 aliphatic heterocycles. The van der Waals surface area contributed by atoms with E-state index in [0.29, 0.717) is 5.02 Å². The molecule has 100 valence electrons. The number of aromatic nitrogens is 1. The highest BCUT2D eigenvalue weighted by Crippen LogP contribution is 2.21. The van der Waals surface area contributed by atoms with Gasteiger partial charge in [0.15, 0.2) is 0 Å². The second-order valence-corrected chi connectivity index (χ2v) is 5.31. The average Bonchev–Trinajstić information content (AvgIpc) is 2.47. The fraction of sp³-hybridized carbons (Fsp3) is 0.118. The van der Waals surface area contributed by atoms with Crippen molar-refractivity contribution in [3.63, 3.8) is 0 Å². The maximum Gasteiger partial charge on any atom is 0.263 e. The third kappa shape index (κ3) is 1.93. The summed E-state index contributed by atoms with van der Waals surface area (Å²) in [6, 6.07) is 15.0. The summed E-state index contributed by atoms with van der Waals surface area (Å²) in [5.41, 5.74) is 2.92. The first kappa shape index (κ1) is 12.9. The van der Waals surface area contributed by atoms with Crippen LogP contribution in [0.1, 0.15) is 11.3 Å². The standard InChI is InChI=1S/C17H14ClNO/c1-11-12(2)19(14-9-7-13(18)8-10-14)17(20)16-6-4-3-5-15(11)16/h3-10H,1-2H3. The minimum absolute atomic E-state index is 0.00558. The number of aryl methyl sites for hydroxylation is 1. The quantitative estimate of drug-likeness (QED) is 0.654. The molecule has 2 aromatic carbocycles. The Kier molecular flexibility index (Phi) is 3.11. The number of hydrogen-bond acceptors (Lipinski definition) is 1. The van der Waals surface area contributed by atoms with Crippen LogP contribution in [0.2, 0.25) is 5.02 Å². The molecule has 0 bridgehead atoms. The van der Waals surface area contributed by atoms with E-state index < -0.39 is 0 Å². The molecule has 0 atom stereocenters. The summed E-state index contributed by atoms with van der Waals surface area (Å²) in [4.78, 5) is 12.7. The molecular weight excluding hydrogens is 270 g/mol. The van der Waals surface area contributed by atoms with Crippen LogP contribution in [0.3, 0.4) is 0 Å². The Balaban J connectivity index is 2.42. The molecule has 3 aromatic rings. The van der Waals surface area contributed by atoms with Crippen molar-refractivity contribution in [2.75, 3.05) is 0 Å². The Morgan fingerprint density at radius 3 is 2.15 bits per heavy atom. The van der Waals surface area contributed by atoms with Crippen LogP contribution in [0.15, 0.2) is 53.3 Å². The van der Waals surface area contributed by atoms with Crippen molar-refractivity contribution in [1.29, 1.82) is 0 Å². The Hall–Kier alpha value is -2.06. The Morgan fingerprint density at radius 2 is 1.50 bits per heavy atom. The van der Waals surface area contributed by atoms with Crippen molar-refractivity contribution in [3.8, 4) is 5.69 Å². The predicted molar refractivity (Wildman–Crippen MR) is 84.0 cm³/mol. The highest BCUT2D eigenvalue weighted by molar-refractivity contribution is 6.30. The van der Waals surface area contributed by atoms with E-state index in [9.17, 15) is 4.79 Å². The second kappa shape index (κ2) is 4.80. The van der Waals surface area contributed by atoms with Crippen LogP contribution >= 0.6 is 11.6 Å². The maximum absolute atomic E-state index is 12.7. The lowest BCUT2D eigenvalue weighted by molar-refractivity contribution is 0.936. The van der Waals surface area contributed by atoms with Gasteiger partial charge in [-0.25, -0.2) is 0 Å². The van der Waals surface area contributed by atoms with E-state index in [2.05, 4.69) is 0 Å². The fourth-order valence-corrected chi connectivity index (χ4v) is 2.66. The van der Waals surface area contributed by atoms with Gasteiger partial charge in [0, 0.05) is 21.8 Å². The summed E-state index contributed by atoms with van der Waals surface area (Å²) in [7, 11) is 0. The SMILES string of the molecule is Cc1c(C)n(-c2ccc(Cl)cc2)c(=O)c2ccccc12. The van der Waals surface area contributed by atoms with E-state index >= 15 is 0 Å². The zero-order valence-electron chi connectivity index (χ0n) is 11.4. The van der Waals surface area contributed by atoms with Crippen LogP contribution in [0, 0.1) is 13.8 Å². The molecule has 3 rings (SSSR count). The van der Waals surface area contributed by atoms with Gasteiger partial charge >= 0.3 is 0 Å². The first-order chi connectivity index (χ1) is 9.59. The largest absolute Gasteiger partial charge is 0.281 e. The van der Waals surface area contributed by atoms with Gasteiger partial charge in [0.2, 0.25) is 0 Å². The van der Waals surface area contributed by atoms with Crippen LogP contribution in [-0.4, -0.2) is 4.57 Å². The summed E-state index contributed by atoms with van der Waals surface area (Å²) >= 11 is 5.92. The molecular formula is C17H14ClNO. The summed E-state index contributed by atoms with van der Waals surface area (Å²) in [5.74, 6) is 0. The molecule has 0 saturated carbocycles. The normalized spacial score (nSPS) is 10.9. The molecule has 0 fully saturated rings. The lowest BCUT2D eigenvalue weighted by atomic mass is 10.1. The highest BCUT2D eigenvalue weighted by atomic mass is 35.5. The zero-order chi connectivity index (χ0) is 14.3. The maximum atomic E-state index is 12.7. The fourth-order valence-electron chi connectivity index (χ4n) is 2.53. The Labute approximate surface area is 122 Å². The van der Waals surface area contributed by atoms with Gasteiger partial charge in [0.25, 0.3) is 5.56 Å². The van der Waals surface area contributed by atoms with Crippen molar-refractivity contribution < 1.29 is 0 Å². The Bertz CT molecular complexity index is 847. The van der Waals surface area contributed by atoms with E-state index in [1.165, 1.54) is 0 Å². The number of benzene rings is 2. The highest BCUT2D eigenvalue weighted by Gasteiger charge is 2.11. The van der Waals surface area contributed by atoms with Gasteiger partial charge in [0.1, 0.15) is 0 Å². The van der Waals surface area contributed by atoms with E-state index in [1.54, 1.807) is 16.7 Å². The third-order valence-electron chi connectivity index (χ3n) is 3.73. The zero-order valence-corrected chi connectivity index (χ0v) is 12.1. The van der Waals surface area contributed by atoms with Crippen LogP contribution < -0.4 is 5.56 Å². The van der Waals surface area contributed by atoms with Gasteiger partial charge in [-0.1, -0.05) is 29.8 Å². The molecule has 1 aromatic heterocycles. The molecule has 0 unspecified atom stereocenters. The molecule has 0 radical (unpaired) electrons. The molecule has 3 heteroatoms. The van der Waals surface area contributed by atoms with Gasteiger partial charge in [-0.05, 0) is 55.1 Å². The molecule has 2 nitrogen and oxygen atoms in total. The molecule has 0 aliphatic rings. The number of hydrogen-bond donors (Lipinski definition) is 0. The number of pyridine rings is 1. The van der Waals surface area contributed by atoms with Gasteiger partial charge in [-0.15, -0.1) is 0 Å². The van der Waals surface area contributed by atoms with Gasteiger partial charge in [-0.2, -0.15) is 0 Å². The first-order valence-electron chi connectivity index (χ1n) is 6.46. The Morgan fingerprint density at radius 1 is 0.900 bits per heavy atom. The molecule has 0 aliphatic carbocycles. The number of halogens is 1. The van der Waals surface area contributed by atoms with Crippen LogP contribution in [0.5, 0.6) is 0 Å². The van der Waals surface area contributed by atoms with Crippen LogP contribution in [0.25, 0.3) is 16.5 Å².